The van der Waals surface area contributed by atoms with E-state index in [0.717, 1.165) is 44.1 Å². The maximum absolute atomic E-state index is 11.8. The van der Waals surface area contributed by atoms with Crippen LogP contribution < -0.4 is 0 Å². The van der Waals surface area contributed by atoms with Gasteiger partial charge in [0.15, 0.2) is 0 Å². The lowest BCUT2D eigenvalue weighted by Crippen LogP contribution is -2.08. The van der Waals surface area contributed by atoms with E-state index < -0.39 is 0 Å². The van der Waals surface area contributed by atoms with E-state index in [-0.39, 0.29) is 11.9 Å². The Labute approximate surface area is 168 Å². The molecular formula is C24H32O4. The van der Waals surface area contributed by atoms with Crippen molar-refractivity contribution >= 4 is 11.9 Å². The summed E-state index contributed by atoms with van der Waals surface area (Å²) < 4.78 is 10.6. The van der Waals surface area contributed by atoms with Crippen LogP contribution in [0.5, 0.6) is 0 Å². The van der Waals surface area contributed by atoms with Crippen LogP contribution in [0, 0.1) is 6.92 Å². The summed E-state index contributed by atoms with van der Waals surface area (Å²) >= 11 is 0. The molecule has 0 radical (unpaired) electrons. The fourth-order valence-corrected chi connectivity index (χ4v) is 2.96. The molecule has 1 aromatic carbocycles. The van der Waals surface area contributed by atoms with Crippen LogP contribution in [0.2, 0.25) is 0 Å². The first-order chi connectivity index (χ1) is 13.5. The molecule has 1 aromatic rings. The fraction of sp³-hybridized carbons (Fsp3) is 0.500. The van der Waals surface area contributed by atoms with Crippen molar-refractivity contribution in [3.05, 3.63) is 58.7 Å². The molecule has 0 spiro atoms. The minimum Gasteiger partial charge on any atom is -0.461 e. The van der Waals surface area contributed by atoms with Crippen molar-refractivity contribution in [2.75, 3.05) is 6.61 Å². The van der Waals surface area contributed by atoms with Gasteiger partial charge in [-0.3, -0.25) is 9.59 Å². The molecule has 2 rings (SSSR count). The number of aryl methyl sites for hydroxylation is 1. The van der Waals surface area contributed by atoms with Crippen molar-refractivity contribution in [1.29, 1.82) is 0 Å². The molecule has 1 aliphatic carbocycles. The van der Waals surface area contributed by atoms with E-state index in [1.54, 1.807) is 0 Å². The van der Waals surface area contributed by atoms with Gasteiger partial charge < -0.3 is 9.47 Å². The van der Waals surface area contributed by atoms with Crippen LogP contribution in [0.15, 0.2) is 47.6 Å². The highest BCUT2D eigenvalue weighted by atomic mass is 16.5. The van der Waals surface area contributed by atoms with Gasteiger partial charge in [0.25, 0.3) is 0 Å². The van der Waals surface area contributed by atoms with Gasteiger partial charge in [-0.1, -0.05) is 60.4 Å². The van der Waals surface area contributed by atoms with E-state index in [1.165, 1.54) is 16.7 Å². The Morgan fingerprint density at radius 2 is 1.39 bits per heavy atom. The van der Waals surface area contributed by atoms with Gasteiger partial charge in [0.05, 0.1) is 0 Å². The molecule has 0 atom stereocenters. The van der Waals surface area contributed by atoms with Gasteiger partial charge in [-0.05, 0) is 50.7 Å². The van der Waals surface area contributed by atoms with Gasteiger partial charge in [0.1, 0.15) is 13.2 Å². The quantitative estimate of drug-likeness (QED) is 0.369. The Balaban J connectivity index is 1.45. The summed E-state index contributed by atoms with van der Waals surface area (Å²) in [6.07, 6.45) is 10.5. The maximum Gasteiger partial charge on any atom is 0.306 e. The highest BCUT2D eigenvalue weighted by molar-refractivity contribution is 5.69. The van der Waals surface area contributed by atoms with Crippen LogP contribution in [0.25, 0.3) is 0 Å². The molecular weight excluding hydrogens is 352 g/mol. The number of carbonyl (C=O) groups is 2. The molecule has 0 amide bonds. The Kier molecular flexibility index (Phi) is 9.53. The van der Waals surface area contributed by atoms with Crippen LogP contribution in [-0.2, 0) is 25.7 Å². The maximum atomic E-state index is 11.8. The Morgan fingerprint density at radius 3 is 1.96 bits per heavy atom. The Hall–Kier alpha value is -2.36. The third-order valence-corrected chi connectivity index (χ3v) is 4.89. The number of hydrogen-bond acceptors (Lipinski definition) is 4. The lowest BCUT2D eigenvalue weighted by molar-refractivity contribution is -0.145. The average Bonchev–Trinajstić information content (AvgIpc) is 2.69. The number of ether oxygens (including phenoxy) is 2. The third-order valence-electron chi connectivity index (χ3n) is 4.89. The normalized spacial score (nSPS) is 13.5. The monoisotopic (exact) mass is 384 g/mol. The van der Waals surface area contributed by atoms with Crippen molar-refractivity contribution < 1.29 is 19.1 Å². The first-order valence-corrected chi connectivity index (χ1v) is 10.2. The molecule has 0 aromatic heterocycles. The van der Waals surface area contributed by atoms with Gasteiger partial charge in [0.2, 0.25) is 0 Å². The van der Waals surface area contributed by atoms with Gasteiger partial charge >= 0.3 is 11.9 Å². The van der Waals surface area contributed by atoms with Crippen molar-refractivity contribution in [2.24, 2.45) is 0 Å². The zero-order valence-electron chi connectivity index (χ0n) is 17.2. The summed E-state index contributed by atoms with van der Waals surface area (Å²) in [4.78, 5) is 23.6. The number of allylic oxidation sites excluding steroid dienone is 3. The summed E-state index contributed by atoms with van der Waals surface area (Å²) in [5.74, 6) is -0.297. The number of unbranched alkanes of at least 4 members (excludes halogenated alkanes) is 3. The fourth-order valence-electron chi connectivity index (χ4n) is 2.96. The highest BCUT2D eigenvalue weighted by Gasteiger charge is 2.08. The Morgan fingerprint density at radius 1 is 0.786 bits per heavy atom. The molecule has 0 saturated heterocycles. The van der Waals surface area contributed by atoms with E-state index in [9.17, 15) is 9.59 Å². The SMILES string of the molecule is CC1=CC=C(COC(=O)CCCCCCC(=O)OCc2ccc(C)cc2)CC1. The molecule has 28 heavy (non-hydrogen) atoms. The third kappa shape index (κ3) is 9.03. The van der Waals surface area contributed by atoms with Gasteiger partial charge in [0, 0.05) is 12.8 Å². The smallest absolute Gasteiger partial charge is 0.306 e. The van der Waals surface area contributed by atoms with Crippen LogP contribution in [-0.4, -0.2) is 18.5 Å². The van der Waals surface area contributed by atoms with Gasteiger partial charge in [-0.25, -0.2) is 0 Å². The zero-order valence-corrected chi connectivity index (χ0v) is 17.2. The summed E-state index contributed by atoms with van der Waals surface area (Å²) in [6.45, 7) is 4.89. The van der Waals surface area contributed by atoms with E-state index in [4.69, 9.17) is 9.47 Å². The predicted molar refractivity (Wildman–Crippen MR) is 111 cm³/mol. The zero-order chi connectivity index (χ0) is 20.2. The molecule has 0 saturated carbocycles. The largest absolute Gasteiger partial charge is 0.461 e. The van der Waals surface area contributed by atoms with E-state index in [0.29, 0.717) is 26.1 Å². The molecule has 0 bridgehead atoms. The van der Waals surface area contributed by atoms with Gasteiger partial charge in [-0.15, -0.1) is 0 Å². The molecule has 1 aliphatic rings. The minimum absolute atomic E-state index is 0.135. The van der Waals surface area contributed by atoms with Crippen LogP contribution in [0.3, 0.4) is 0 Å². The molecule has 152 valence electrons. The van der Waals surface area contributed by atoms with Crippen molar-refractivity contribution in [2.45, 2.75) is 71.8 Å². The number of rotatable bonds is 11. The van der Waals surface area contributed by atoms with Crippen molar-refractivity contribution in [1.82, 2.24) is 0 Å². The van der Waals surface area contributed by atoms with Crippen LogP contribution >= 0.6 is 0 Å². The standard InChI is InChI=1S/C24H32O4/c1-19-9-13-21(14-10-19)17-27-23(25)7-5-3-4-6-8-24(26)28-18-22-15-11-20(2)12-16-22/h9-11,13-15H,3-8,12,16-18H2,1-2H3. The summed E-state index contributed by atoms with van der Waals surface area (Å²) in [5.41, 5.74) is 4.75. The highest BCUT2D eigenvalue weighted by Crippen LogP contribution is 2.18. The van der Waals surface area contributed by atoms with E-state index in [1.807, 2.05) is 31.2 Å². The molecule has 4 nitrogen and oxygen atoms in total. The van der Waals surface area contributed by atoms with Gasteiger partial charge in [-0.2, -0.15) is 0 Å². The van der Waals surface area contributed by atoms with Crippen LogP contribution in [0.1, 0.15) is 69.4 Å². The molecule has 0 aliphatic heterocycles. The summed E-state index contributed by atoms with van der Waals surface area (Å²) in [7, 11) is 0. The van der Waals surface area contributed by atoms with Crippen molar-refractivity contribution in [3.8, 4) is 0 Å². The van der Waals surface area contributed by atoms with Crippen molar-refractivity contribution in [3.63, 3.8) is 0 Å². The predicted octanol–water partition coefficient (Wildman–Crippen LogP) is 5.59. The molecule has 0 heterocycles. The second kappa shape index (κ2) is 12.2. The summed E-state index contributed by atoms with van der Waals surface area (Å²) in [6, 6.07) is 7.98. The number of benzene rings is 1. The lowest BCUT2D eigenvalue weighted by Gasteiger charge is -2.12. The number of esters is 2. The number of hydrogen-bond donors (Lipinski definition) is 0. The average molecular weight is 385 g/mol. The first-order valence-electron chi connectivity index (χ1n) is 10.2. The molecule has 0 unspecified atom stereocenters. The second-order valence-electron chi connectivity index (χ2n) is 7.56. The number of carbonyl (C=O) groups excluding carboxylic acids is 2. The van der Waals surface area contributed by atoms with Crippen LogP contribution in [0.4, 0.5) is 0 Å². The van der Waals surface area contributed by atoms with E-state index in [2.05, 4.69) is 19.1 Å². The van der Waals surface area contributed by atoms with E-state index >= 15 is 0 Å². The molecule has 4 heteroatoms. The molecule has 0 fully saturated rings. The second-order valence-corrected chi connectivity index (χ2v) is 7.56. The first kappa shape index (κ1) is 21.9. The minimum atomic E-state index is -0.162. The topological polar surface area (TPSA) is 52.6 Å². The summed E-state index contributed by atoms with van der Waals surface area (Å²) in [5, 5.41) is 0. The Bertz CT molecular complexity index is 698. The lowest BCUT2D eigenvalue weighted by atomic mass is 10.0. The molecule has 0 N–H and O–H groups in total.